The van der Waals surface area contributed by atoms with E-state index in [1.807, 2.05) is 48.6 Å². The second-order valence-corrected chi connectivity index (χ2v) is 4.69. The van der Waals surface area contributed by atoms with E-state index in [9.17, 15) is 4.79 Å². The van der Waals surface area contributed by atoms with Gasteiger partial charge in [-0.15, -0.1) is 0 Å². The molecule has 1 aliphatic rings. The van der Waals surface area contributed by atoms with Gasteiger partial charge in [-0.05, 0) is 18.4 Å². The third-order valence-corrected chi connectivity index (χ3v) is 3.34. The fourth-order valence-electron chi connectivity index (χ4n) is 2.07. The summed E-state index contributed by atoms with van der Waals surface area (Å²) < 4.78 is 5.25. The molecule has 1 aromatic carbocycles. The van der Waals surface area contributed by atoms with Crippen LogP contribution in [0.5, 0.6) is 0 Å². The Hall–Kier alpha value is -2.03. The molecule has 3 heteroatoms. The van der Waals surface area contributed by atoms with Gasteiger partial charge in [0.15, 0.2) is 0 Å². The van der Waals surface area contributed by atoms with E-state index in [0.29, 0.717) is 6.61 Å². The molecule has 1 aliphatic carbocycles. The number of allylic oxidation sites excluding steroid dienone is 2. The summed E-state index contributed by atoms with van der Waals surface area (Å²) in [5.41, 5.74) is 0.685. The van der Waals surface area contributed by atoms with E-state index in [1.54, 1.807) is 0 Å². The summed E-state index contributed by atoms with van der Waals surface area (Å²) in [5.74, 6) is 0. The van der Waals surface area contributed by atoms with E-state index >= 15 is 0 Å². The number of hydrogen-bond donors (Lipinski definition) is 1. The summed E-state index contributed by atoms with van der Waals surface area (Å²) in [6.07, 6.45) is 9.31. The lowest BCUT2D eigenvalue weighted by Crippen LogP contribution is -2.46. The molecule has 0 saturated carbocycles. The van der Waals surface area contributed by atoms with Gasteiger partial charge in [0.2, 0.25) is 0 Å². The first kappa shape index (κ1) is 13.4. The van der Waals surface area contributed by atoms with Crippen LogP contribution in [0.25, 0.3) is 0 Å². The topological polar surface area (TPSA) is 38.3 Å². The number of rotatable bonds is 4. The molecule has 0 spiro atoms. The first-order valence-electron chi connectivity index (χ1n) is 6.57. The number of amides is 1. The van der Waals surface area contributed by atoms with Crippen molar-refractivity contribution >= 4 is 6.09 Å². The van der Waals surface area contributed by atoms with Gasteiger partial charge < -0.3 is 10.1 Å². The molecule has 1 aromatic rings. The van der Waals surface area contributed by atoms with Crippen LogP contribution in [0.1, 0.15) is 25.3 Å². The highest BCUT2D eigenvalue weighted by atomic mass is 16.5. The van der Waals surface area contributed by atoms with Crippen molar-refractivity contribution < 1.29 is 9.53 Å². The highest BCUT2D eigenvalue weighted by molar-refractivity contribution is 5.69. The smallest absolute Gasteiger partial charge is 0.408 e. The van der Waals surface area contributed by atoms with Gasteiger partial charge in [0.25, 0.3) is 0 Å². The van der Waals surface area contributed by atoms with Crippen molar-refractivity contribution in [3.8, 4) is 0 Å². The number of ether oxygens (including phenoxy) is 1. The molecule has 0 aromatic heterocycles. The molecule has 2 rings (SSSR count). The van der Waals surface area contributed by atoms with Crippen LogP contribution in [-0.2, 0) is 11.3 Å². The largest absolute Gasteiger partial charge is 0.445 e. The van der Waals surface area contributed by atoms with E-state index in [-0.39, 0.29) is 11.6 Å². The lowest BCUT2D eigenvalue weighted by molar-refractivity contribution is 0.130. The summed E-state index contributed by atoms with van der Waals surface area (Å²) in [7, 11) is 0. The molecule has 0 fully saturated rings. The Bertz CT molecular complexity index is 479. The van der Waals surface area contributed by atoms with Crippen LogP contribution >= 0.6 is 0 Å². The van der Waals surface area contributed by atoms with Gasteiger partial charge in [0.05, 0.1) is 5.54 Å². The number of benzene rings is 1. The normalized spacial score (nSPS) is 21.1. The summed E-state index contributed by atoms with van der Waals surface area (Å²) in [4.78, 5) is 11.9. The Balaban J connectivity index is 1.87. The van der Waals surface area contributed by atoms with Gasteiger partial charge in [-0.3, -0.25) is 0 Å². The van der Waals surface area contributed by atoms with Gasteiger partial charge >= 0.3 is 6.09 Å². The molecule has 3 nitrogen and oxygen atoms in total. The second-order valence-electron chi connectivity index (χ2n) is 4.69. The van der Waals surface area contributed by atoms with Crippen molar-refractivity contribution in [2.24, 2.45) is 0 Å². The zero-order valence-electron chi connectivity index (χ0n) is 11.1. The maximum absolute atomic E-state index is 11.9. The van der Waals surface area contributed by atoms with Gasteiger partial charge in [-0.2, -0.15) is 0 Å². The van der Waals surface area contributed by atoms with E-state index in [1.165, 1.54) is 0 Å². The van der Waals surface area contributed by atoms with E-state index in [2.05, 4.69) is 18.3 Å². The first-order valence-corrected chi connectivity index (χ1v) is 6.57. The van der Waals surface area contributed by atoms with Crippen molar-refractivity contribution in [3.05, 3.63) is 60.2 Å². The molecule has 1 unspecified atom stereocenters. The number of hydrogen-bond acceptors (Lipinski definition) is 2. The molecular weight excluding hydrogens is 238 g/mol. The molecule has 19 heavy (non-hydrogen) atoms. The summed E-state index contributed by atoms with van der Waals surface area (Å²) in [5, 5.41) is 2.95. The predicted octanol–water partition coefficient (Wildman–Crippen LogP) is 3.58. The Kier molecular flexibility index (Phi) is 4.39. The average Bonchev–Trinajstić information content (AvgIpc) is 2.47. The monoisotopic (exact) mass is 257 g/mol. The molecule has 0 bridgehead atoms. The maximum atomic E-state index is 11.9. The van der Waals surface area contributed by atoms with Crippen molar-refractivity contribution in [3.63, 3.8) is 0 Å². The van der Waals surface area contributed by atoms with Crippen LogP contribution < -0.4 is 5.32 Å². The molecule has 1 atom stereocenters. The third kappa shape index (κ3) is 3.71. The zero-order valence-corrected chi connectivity index (χ0v) is 11.1. The SMILES string of the molecule is CCC1(NC(=O)OCc2ccccc2)C=CC=CC1. The molecule has 0 heterocycles. The van der Waals surface area contributed by atoms with Crippen molar-refractivity contribution in [1.29, 1.82) is 0 Å². The van der Waals surface area contributed by atoms with Crippen molar-refractivity contribution in [2.45, 2.75) is 31.9 Å². The standard InChI is InChI=1S/C16H19NO2/c1-2-16(11-7-4-8-12-16)17-15(18)19-13-14-9-5-3-6-10-14/h3-11H,2,12-13H2,1H3,(H,17,18). The fraction of sp³-hybridized carbons (Fsp3) is 0.312. The van der Waals surface area contributed by atoms with Crippen LogP contribution in [0.3, 0.4) is 0 Å². The number of alkyl carbamates (subject to hydrolysis) is 1. The molecule has 0 aliphatic heterocycles. The highest BCUT2D eigenvalue weighted by Crippen LogP contribution is 2.21. The molecule has 1 N–H and O–H groups in total. The fourth-order valence-corrected chi connectivity index (χ4v) is 2.07. The highest BCUT2D eigenvalue weighted by Gasteiger charge is 2.27. The maximum Gasteiger partial charge on any atom is 0.408 e. The quantitative estimate of drug-likeness (QED) is 0.895. The third-order valence-electron chi connectivity index (χ3n) is 3.34. The van der Waals surface area contributed by atoms with Crippen molar-refractivity contribution in [2.75, 3.05) is 0 Å². The summed E-state index contributed by atoms with van der Waals surface area (Å²) in [6.45, 7) is 2.35. The Morgan fingerprint density at radius 1 is 1.32 bits per heavy atom. The zero-order chi connectivity index (χ0) is 13.6. The van der Waals surface area contributed by atoms with Crippen LogP contribution in [-0.4, -0.2) is 11.6 Å². The van der Waals surface area contributed by atoms with Crippen LogP contribution in [0.15, 0.2) is 54.6 Å². The minimum absolute atomic E-state index is 0.298. The lowest BCUT2D eigenvalue weighted by Gasteiger charge is -2.30. The van der Waals surface area contributed by atoms with Gasteiger partial charge in [-0.25, -0.2) is 4.79 Å². The number of carbonyl (C=O) groups is 1. The summed E-state index contributed by atoms with van der Waals surface area (Å²) >= 11 is 0. The minimum Gasteiger partial charge on any atom is -0.445 e. The lowest BCUT2D eigenvalue weighted by atomic mass is 9.89. The van der Waals surface area contributed by atoms with Gasteiger partial charge in [0, 0.05) is 0 Å². The van der Waals surface area contributed by atoms with Crippen LogP contribution in [0, 0.1) is 0 Å². The molecule has 0 saturated heterocycles. The van der Waals surface area contributed by atoms with Crippen LogP contribution in [0.2, 0.25) is 0 Å². The Labute approximate surface area is 114 Å². The van der Waals surface area contributed by atoms with Crippen molar-refractivity contribution in [1.82, 2.24) is 5.32 Å². The molecule has 100 valence electrons. The minimum atomic E-state index is -0.370. The van der Waals surface area contributed by atoms with E-state index < -0.39 is 0 Å². The van der Waals surface area contributed by atoms with Gasteiger partial charge in [-0.1, -0.05) is 61.6 Å². The summed E-state index contributed by atoms with van der Waals surface area (Å²) in [6, 6.07) is 9.67. The van der Waals surface area contributed by atoms with Crippen LogP contribution in [0.4, 0.5) is 4.79 Å². The van der Waals surface area contributed by atoms with Gasteiger partial charge in [0.1, 0.15) is 6.61 Å². The molecule has 0 radical (unpaired) electrons. The average molecular weight is 257 g/mol. The first-order chi connectivity index (χ1) is 9.24. The molecule has 1 amide bonds. The Morgan fingerprint density at radius 2 is 2.11 bits per heavy atom. The number of nitrogens with one attached hydrogen (secondary N) is 1. The Morgan fingerprint density at radius 3 is 2.74 bits per heavy atom. The second kappa shape index (κ2) is 6.23. The van der Waals surface area contributed by atoms with E-state index in [4.69, 9.17) is 4.74 Å². The molecular formula is C16H19NO2. The predicted molar refractivity (Wildman–Crippen MR) is 75.7 cm³/mol. The number of carbonyl (C=O) groups excluding carboxylic acids is 1. The van der Waals surface area contributed by atoms with E-state index in [0.717, 1.165) is 18.4 Å².